The van der Waals surface area contributed by atoms with Crippen LogP contribution in [0.2, 0.25) is 0 Å². The predicted octanol–water partition coefficient (Wildman–Crippen LogP) is 4.24. The van der Waals surface area contributed by atoms with Crippen LogP contribution in [-0.2, 0) is 9.59 Å². The molecule has 2 amide bonds. The fourth-order valence-electron chi connectivity index (χ4n) is 3.43. The number of hydrogen-bond acceptors (Lipinski definition) is 3. The third kappa shape index (κ3) is 4.93. The molecule has 0 bridgehead atoms. The Bertz CT molecular complexity index is 1030. The molecule has 0 heterocycles. The summed E-state index contributed by atoms with van der Waals surface area (Å²) < 4.78 is 5.73. The molecule has 29 heavy (non-hydrogen) atoms. The van der Waals surface area contributed by atoms with Crippen LogP contribution in [0.15, 0.2) is 54.6 Å². The van der Waals surface area contributed by atoms with Crippen molar-refractivity contribution in [2.24, 2.45) is 0 Å². The molecular weight excluding hydrogens is 364 g/mol. The molecule has 0 radical (unpaired) electrons. The summed E-state index contributed by atoms with van der Waals surface area (Å²) >= 11 is 0. The number of carbonyl (C=O) groups excluding carboxylic acids is 2. The number of aryl methyl sites for hydroxylation is 3. The summed E-state index contributed by atoms with van der Waals surface area (Å²) in [5, 5.41) is 4.92. The van der Waals surface area contributed by atoms with Gasteiger partial charge < -0.3 is 15.0 Å². The van der Waals surface area contributed by atoms with Crippen molar-refractivity contribution in [1.29, 1.82) is 0 Å². The first-order valence-corrected chi connectivity index (χ1v) is 9.57. The molecule has 0 aliphatic heterocycles. The highest BCUT2D eigenvalue weighted by atomic mass is 16.5. The largest absolute Gasteiger partial charge is 0.483 e. The van der Waals surface area contributed by atoms with Gasteiger partial charge in [0.25, 0.3) is 5.91 Å². The van der Waals surface area contributed by atoms with E-state index in [-0.39, 0.29) is 25.0 Å². The second-order valence-electron chi connectivity index (χ2n) is 7.34. The molecule has 0 fully saturated rings. The highest BCUT2D eigenvalue weighted by molar-refractivity contribution is 5.96. The van der Waals surface area contributed by atoms with E-state index in [1.165, 1.54) is 4.90 Å². The van der Waals surface area contributed by atoms with Gasteiger partial charge in [-0.15, -0.1) is 0 Å². The van der Waals surface area contributed by atoms with E-state index in [2.05, 4.69) is 5.32 Å². The van der Waals surface area contributed by atoms with Gasteiger partial charge >= 0.3 is 0 Å². The molecule has 0 aliphatic carbocycles. The Morgan fingerprint density at radius 1 is 0.966 bits per heavy atom. The maximum atomic E-state index is 12.4. The highest BCUT2D eigenvalue weighted by Crippen LogP contribution is 2.25. The number of likely N-dealkylation sites (N-methyl/N-ethyl adjacent to an activating group) is 1. The van der Waals surface area contributed by atoms with Crippen LogP contribution in [0.25, 0.3) is 10.8 Å². The Morgan fingerprint density at radius 2 is 1.62 bits per heavy atom. The minimum absolute atomic E-state index is 0.0372. The summed E-state index contributed by atoms with van der Waals surface area (Å²) in [5.41, 5.74) is 3.96. The first-order chi connectivity index (χ1) is 13.8. The molecule has 0 atom stereocenters. The van der Waals surface area contributed by atoms with Gasteiger partial charge in [-0.3, -0.25) is 9.59 Å². The summed E-state index contributed by atoms with van der Waals surface area (Å²) in [6.07, 6.45) is 0. The minimum Gasteiger partial charge on any atom is -0.483 e. The lowest BCUT2D eigenvalue weighted by atomic mass is 10.1. The zero-order valence-electron chi connectivity index (χ0n) is 17.3. The SMILES string of the molecule is Cc1cc(C)c(NC(=O)CN(C)C(=O)COc2cccc3ccccc23)c(C)c1. The molecule has 3 aromatic rings. The molecule has 3 aromatic carbocycles. The van der Waals surface area contributed by atoms with E-state index in [0.29, 0.717) is 5.75 Å². The second kappa shape index (κ2) is 8.78. The molecule has 1 N–H and O–H groups in total. The molecule has 0 unspecified atom stereocenters. The van der Waals surface area contributed by atoms with E-state index in [1.807, 2.05) is 75.4 Å². The summed E-state index contributed by atoms with van der Waals surface area (Å²) in [6, 6.07) is 17.6. The molecule has 0 spiro atoms. The normalized spacial score (nSPS) is 10.6. The number of fused-ring (bicyclic) bond motifs is 1. The summed E-state index contributed by atoms with van der Waals surface area (Å²) in [4.78, 5) is 26.2. The molecule has 0 saturated heterocycles. The van der Waals surface area contributed by atoms with Gasteiger partial charge in [0.05, 0.1) is 6.54 Å². The van der Waals surface area contributed by atoms with Crippen molar-refractivity contribution >= 4 is 28.3 Å². The minimum atomic E-state index is -0.259. The molecule has 0 aromatic heterocycles. The summed E-state index contributed by atoms with van der Waals surface area (Å²) in [5.74, 6) is 0.159. The average molecular weight is 390 g/mol. The Morgan fingerprint density at radius 3 is 2.34 bits per heavy atom. The third-order valence-electron chi connectivity index (χ3n) is 4.85. The van der Waals surface area contributed by atoms with Gasteiger partial charge in [0.15, 0.2) is 6.61 Å². The number of ether oxygens (including phenoxy) is 1. The topological polar surface area (TPSA) is 58.6 Å². The molecule has 150 valence electrons. The van der Waals surface area contributed by atoms with Crippen molar-refractivity contribution in [2.75, 3.05) is 25.5 Å². The van der Waals surface area contributed by atoms with Crippen molar-refractivity contribution in [3.8, 4) is 5.75 Å². The van der Waals surface area contributed by atoms with Crippen LogP contribution in [0.1, 0.15) is 16.7 Å². The highest BCUT2D eigenvalue weighted by Gasteiger charge is 2.16. The van der Waals surface area contributed by atoms with Crippen LogP contribution in [0, 0.1) is 20.8 Å². The van der Waals surface area contributed by atoms with Crippen LogP contribution >= 0.6 is 0 Å². The van der Waals surface area contributed by atoms with E-state index < -0.39 is 0 Å². The van der Waals surface area contributed by atoms with Crippen molar-refractivity contribution < 1.29 is 14.3 Å². The Kier molecular flexibility index (Phi) is 6.17. The van der Waals surface area contributed by atoms with Crippen molar-refractivity contribution in [2.45, 2.75) is 20.8 Å². The van der Waals surface area contributed by atoms with Crippen LogP contribution in [0.3, 0.4) is 0 Å². The number of carbonyl (C=O) groups is 2. The van der Waals surface area contributed by atoms with E-state index in [4.69, 9.17) is 4.74 Å². The lowest BCUT2D eigenvalue weighted by Gasteiger charge is -2.19. The zero-order chi connectivity index (χ0) is 21.0. The number of rotatable bonds is 6. The lowest BCUT2D eigenvalue weighted by molar-refractivity contribution is -0.135. The lowest BCUT2D eigenvalue weighted by Crippen LogP contribution is -2.37. The zero-order valence-corrected chi connectivity index (χ0v) is 17.3. The average Bonchev–Trinajstić information content (AvgIpc) is 2.68. The van der Waals surface area contributed by atoms with E-state index in [0.717, 1.165) is 33.2 Å². The van der Waals surface area contributed by atoms with Gasteiger partial charge in [-0.1, -0.05) is 54.1 Å². The van der Waals surface area contributed by atoms with Crippen LogP contribution in [-0.4, -0.2) is 36.9 Å². The maximum absolute atomic E-state index is 12.4. The Labute approximate surface area is 171 Å². The third-order valence-corrected chi connectivity index (χ3v) is 4.85. The second-order valence-corrected chi connectivity index (χ2v) is 7.34. The van der Waals surface area contributed by atoms with Gasteiger partial charge in [0.1, 0.15) is 5.75 Å². The predicted molar refractivity (Wildman–Crippen MR) is 116 cm³/mol. The van der Waals surface area contributed by atoms with E-state index in [9.17, 15) is 9.59 Å². The van der Waals surface area contributed by atoms with Crippen LogP contribution < -0.4 is 10.1 Å². The van der Waals surface area contributed by atoms with Crippen molar-refractivity contribution in [3.05, 3.63) is 71.3 Å². The number of anilines is 1. The Balaban J connectivity index is 1.58. The van der Waals surface area contributed by atoms with E-state index in [1.54, 1.807) is 7.05 Å². The summed E-state index contributed by atoms with van der Waals surface area (Å²) in [7, 11) is 1.60. The van der Waals surface area contributed by atoms with Crippen LogP contribution in [0.5, 0.6) is 5.75 Å². The number of amides is 2. The summed E-state index contributed by atoms with van der Waals surface area (Å²) in [6.45, 7) is 5.78. The number of nitrogens with one attached hydrogen (secondary N) is 1. The molecule has 3 rings (SSSR count). The van der Waals surface area contributed by atoms with Gasteiger partial charge in [0.2, 0.25) is 5.91 Å². The van der Waals surface area contributed by atoms with Gasteiger partial charge in [0, 0.05) is 18.1 Å². The molecule has 0 aliphatic rings. The van der Waals surface area contributed by atoms with Gasteiger partial charge in [-0.05, 0) is 43.4 Å². The molecular formula is C24H26N2O3. The number of hydrogen-bond donors (Lipinski definition) is 1. The molecule has 5 heteroatoms. The number of benzene rings is 3. The first-order valence-electron chi connectivity index (χ1n) is 9.57. The van der Waals surface area contributed by atoms with E-state index >= 15 is 0 Å². The van der Waals surface area contributed by atoms with Crippen molar-refractivity contribution in [3.63, 3.8) is 0 Å². The molecule has 5 nitrogen and oxygen atoms in total. The van der Waals surface area contributed by atoms with Crippen molar-refractivity contribution in [1.82, 2.24) is 4.90 Å². The first kappa shape index (κ1) is 20.4. The Hall–Kier alpha value is -3.34. The monoisotopic (exact) mass is 390 g/mol. The fraction of sp³-hybridized carbons (Fsp3) is 0.250. The quantitative estimate of drug-likeness (QED) is 0.685. The molecule has 0 saturated carbocycles. The smallest absolute Gasteiger partial charge is 0.260 e. The van der Waals surface area contributed by atoms with Gasteiger partial charge in [-0.2, -0.15) is 0 Å². The van der Waals surface area contributed by atoms with Crippen LogP contribution in [0.4, 0.5) is 5.69 Å². The number of nitrogens with zero attached hydrogens (tertiary/aromatic N) is 1. The fourth-order valence-corrected chi connectivity index (χ4v) is 3.43. The maximum Gasteiger partial charge on any atom is 0.260 e. The standard InChI is InChI=1S/C24H26N2O3/c1-16-12-17(2)24(18(3)13-16)25-22(27)14-26(4)23(28)15-29-21-11-7-9-19-8-5-6-10-20(19)21/h5-13H,14-15H2,1-4H3,(H,25,27). The van der Waals surface area contributed by atoms with Gasteiger partial charge in [-0.25, -0.2) is 0 Å².